The van der Waals surface area contributed by atoms with Gasteiger partial charge in [-0.25, -0.2) is 0 Å². The maximum atomic E-state index is 12.0. The van der Waals surface area contributed by atoms with Gasteiger partial charge < -0.3 is 0 Å². The summed E-state index contributed by atoms with van der Waals surface area (Å²) in [5.74, 6) is -0.0545. The Balaban J connectivity index is 2.26. The summed E-state index contributed by atoms with van der Waals surface area (Å²) in [6.45, 7) is 3.71. The topological polar surface area (TPSA) is 60.7 Å². The molecule has 0 aromatic carbocycles. The summed E-state index contributed by atoms with van der Waals surface area (Å²) >= 11 is 1.26. The van der Waals surface area contributed by atoms with Gasteiger partial charge in [0.15, 0.2) is 5.78 Å². The molecule has 6 heteroatoms. The summed E-state index contributed by atoms with van der Waals surface area (Å²) in [5, 5.41) is 9.84. The van der Waals surface area contributed by atoms with Crippen molar-refractivity contribution in [3.05, 3.63) is 34.1 Å². The molecule has 0 atom stereocenters. The fourth-order valence-corrected chi connectivity index (χ4v) is 2.04. The van der Waals surface area contributed by atoms with Crippen molar-refractivity contribution in [3.8, 4) is 0 Å². The Kier molecular flexibility index (Phi) is 3.14. The zero-order chi connectivity index (χ0) is 12.4. The first-order chi connectivity index (χ1) is 8.09. The Morgan fingerprint density at radius 3 is 2.76 bits per heavy atom. The molecule has 0 amide bonds. The van der Waals surface area contributed by atoms with Crippen LogP contribution in [0.15, 0.2) is 11.5 Å². The number of aryl methyl sites for hydroxylation is 2. The van der Waals surface area contributed by atoms with Crippen molar-refractivity contribution in [3.63, 3.8) is 0 Å². The van der Waals surface area contributed by atoms with Crippen LogP contribution in [-0.4, -0.2) is 25.2 Å². The molecule has 0 radical (unpaired) electrons. The van der Waals surface area contributed by atoms with E-state index in [2.05, 4.69) is 14.7 Å². The molecule has 0 aliphatic heterocycles. The molecule has 0 aliphatic rings. The van der Waals surface area contributed by atoms with Crippen LogP contribution in [0.4, 0.5) is 0 Å². The lowest BCUT2D eigenvalue weighted by Crippen LogP contribution is -1.99. The van der Waals surface area contributed by atoms with Crippen LogP contribution in [0.1, 0.15) is 27.4 Å². The first kappa shape index (κ1) is 11.7. The predicted molar refractivity (Wildman–Crippen MR) is 66.0 cm³/mol. The van der Waals surface area contributed by atoms with Gasteiger partial charge in [-0.2, -0.15) is 5.10 Å². The van der Waals surface area contributed by atoms with E-state index in [9.17, 15) is 4.79 Å². The molecular formula is C11H12N4OS. The summed E-state index contributed by atoms with van der Waals surface area (Å²) in [6.07, 6.45) is 3.17. The highest BCUT2D eigenvalue weighted by Crippen LogP contribution is 2.13. The van der Waals surface area contributed by atoms with Crippen LogP contribution in [-0.2, 0) is 7.05 Å². The van der Waals surface area contributed by atoms with E-state index in [1.807, 2.05) is 20.9 Å². The van der Waals surface area contributed by atoms with E-state index < -0.39 is 0 Å². The number of allylic oxidation sites excluding steroid dienone is 1. The van der Waals surface area contributed by atoms with Crippen LogP contribution in [0.2, 0.25) is 0 Å². The quantitative estimate of drug-likeness (QED) is 0.613. The molecule has 2 rings (SSSR count). The van der Waals surface area contributed by atoms with Crippen molar-refractivity contribution in [2.24, 2.45) is 7.05 Å². The maximum absolute atomic E-state index is 12.0. The molecule has 0 N–H and O–H groups in total. The molecule has 0 fully saturated rings. The lowest BCUT2D eigenvalue weighted by Gasteiger charge is -1.95. The lowest BCUT2D eigenvalue weighted by atomic mass is 10.1. The minimum Gasteiger partial charge on any atom is -0.289 e. The van der Waals surface area contributed by atoms with Gasteiger partial charge in [-0.3, -0.25) is 9.48 Å². The van der Waals surface area contributed by atoms with Crippen molar-refractivity contribution in [1.29, 1.82) is 0 Å². The van der Waals surface area contributed by atoms with Crippen molar-refractivity contribution in [2.75, 3.05) is 0 Å². The number of carbonyl (C=O) groups is 1. The third-order valence-corrected chi connectivity index (χ3v) is 3.06. The number of nitrogens with zero attached hydrogens (tertiary/aromatic N) is 4. The minimum atomic E-state index is -0.0545. The van der Waals surface area contributed by atoms with Gasteiger partial charge in [0.25, 0.3) is 0 Å². The number of rotatable bonds is 3. The van der Waals surface area contributed by atoms with Crippen molar-refractivity contribution >= 4 is 23.4 Å². The fourth-order valence-electron chi connectivity index (χ4n) is 1.62. The first-order valence-electron chi connectivity index (χ1n) is 5.09. The average Bonchev–Trinajstić information content (AvgIpc) is 2.86. The van der Waals surface area contributed by atoms with Gasteiger partial charge in [-0.05, 0) is 37.5 Å². The standard InChI is InChI=1S/C11H12N4OS/c1-7-11(8(2)15(3)13-7)10(16)5-4-9-6-17-14-12-9/h4-6H,1-3H3/b5-4+. The van der Waals surface area contributed by atoms with Crippen molar-refractivity contribution < 1.29 is 4.79 Å². The van der Waals surface area contributed by atoms with Gasteiger partial charge in [0, 0.05) is 18.1 Å². The van der Waals surface area contributed by atoms with Gasteiger partial charge in [0.05, 0.1) is 17.0 Å². The van der Waals surface area contributed by atoms with Gasteiger partial charge in [-0.1, -0.05) is 4.49 Å². The van der Waals surface area contributed by atoms with E-state index in [4.69, 9.17) is 0 Å². The number of aromatic nitrogens is 4. The second-order valence-corrected chi connectivity index (χ2v) is 4.31. The molecule has 0 saturated heterocycles. The zero-order valence-electron chi connectivity index (χ0n) is 9.84. The van der Waals surface area contributed by atoms with Crippen LogP contribution < -0.4 is 0 Å². The molecule has 0 aliphatic carbocycles. The average molecular weight is 248 g/mol. The molecule has 88 valence electrons. The highest BCUT2D eigenvalue weighted by Gasteiger charge is 2.14. The van der Waals surface area contributed by atoms with Gasteiger partial charge in [0.1, 0.15) is 0 Å². The molecule has 0 spiro atoms. The van der Waals surface area contributed by atoms with E-state index in [1.54, 1.807) is 16.1 Å². The number of hydrogen-bond acceptors (Lipinski definition) is 5. The molecule has 17 heavy (non-hydrogen) atoms. The predicted octanol–water partition coefficient (Wildman–Crippen LogP) is 1.78. The smallest absolute Gasteiger partial charge is 0.189 e. The van der Waals surface area contributed by atoms with Crippen LogP contribution in [0.3, 0.4) is 0 Å². The van der Waals surface area contributed by atoms with Crippen molar-refractivity contribution in [2.45, 2.75) is 13.8 Å². The third-order valence-electron chi connectivity index (χ3n) is 2.54. The summed E-state index contributed by atoms with van der Waals surface area (Å²) in [6, 6.07) is 0. The van der Waals surface area contributed by atoms with E-state index in [-0.39, 0.29) is 5.78 Å². The maximum Gasteiger partial charge on any atom is 0.189 e. The summed E-state index contributed by atoms with van der Waals surface area (Å²) in [5.41, 5.74) is 2.97. The van der Waals surface area contributed by atoms with Gasteiger partial charge in [-0.15, -0.1) is 5.10 Å². The summed E-state index contributed by atoms with van der Waals surface area (Å²) in [7, 11) is 1.83. The second-order valence-electron chi connectivity index (χ2n) is 3.70. The van der Waals surface area contributed by atoms with E-state index in [0.29, 0.717) is 11.3 Å². The highest BCUT2D eigenvalue weighted by molar-refractivity contribution is 7.03. The molecule has 2 aromatic rings. The molecule has 2 aromatic heterocycles. The zero-order valence-corrected chi connectivity index (χ0v) is 10.7. The van der Waals surface area contributed by atoms with E-state index in [1.165, 1.54) is 17.6 Å². The molecular weight excluding hydrogens is 236 g/mol. The lowest BCUT2D eigenvalue weighted by molar-refractivity contribution is 0.104. The Hall–Kier alpha value is -1.82. The Morgan fingerprint density at radius 2 is 2.24 bits per heavy atom. The fraction of sp³-hybridized carbons (Fsp3) is 0.273. The minimum absolute atomic E-state index is 0.0545. The molecule has 0 saturated carbocycles. The largest absolute Gasteiger partial charge is 0.289 e. The van der Waals surface area contributed by atoms with Crippen LogP contribution in [0.5, 0.6) is 0 Å². The molecule has 0 unspecified atom stereocenters. The van der Waals surface area contributed by atoms with Crippen LogP contribution in [0.25, 0.3) is 6.08 Å². The molecule has 0 bridgehead atoms. The Bertz CT molecular complexity index is 569. The van der Waals surface area contributed by atoms with E-state index in [0.717, 1.165) is 11.4 Å². The van der Waals surface area contributed by atoms with Crippen molar-refractivity contribution in [1.82, 2.24) is 19.4 Å². The summed E-state index contributed by atoms with van der Waals surface area (Å²) in [4.78, 5) is 12.0. The Labute approximate surface area is 103 Å². The number of hydrogen-bond donors (Lipinski definition) is 0. The highest BCUT2D eigenvalue weighted by atomic mass is 32.1. The monoisotopic (exact) mass is 248 g/mol. The van der Waals surface area contributed by atoms with E-state index >= 15 is 0 Å². The normalized spacial score (nSPS) is 11.2. The van der Waals surface area contributed by atoms with Crippen LogP contribution in [0, 0.1) is 13.8 Å². The molecule has 2 heterocycles. The van der Waals surface area contributed by atoms with Gasteiger partial charge in [0.2, 0.25) is 0 Å². The SMILES string of the molecule is Cc1nn(C)c(C)c1C(=O)/C=C/c1csnn1. The first-order valence-corrected chi connectivity index (χ1v) is 5.93. The Morgan fingerprint density at radius 1 is 1.47 bits per heavy atom. The third kappa shape index (κ3) is 2.31. The summed E-state index contributed by atoms with van der Waals surface area (Å²) < 4.78 is 5.43. The van der Waals surface area contributed by atoms with Crippen LogP contribution >= 0.6 is 11.5 Å². The van der Waals surface area contributed by atoms with Gasteiger partial charge >= 0.3 is 0 Å². The second kappa shape index (κ2) is 4.58. The number of ketones is 1. The number of carbonyl (C=O) groups excluding carboxylic acids is 1. The molecule has 5 nitrogen and oxygen atoms in total.